The van der Waals surface area contributed by atoms with Gasteiger partial charge in [-0.15, -0.1) is 0 Å². The molecule has 0 unspecified atom stereocenters. The van der Waals surface area contributed by atoms with Crippen molar-refractivity contribution in [1.29, 1.82) is 0 Å². The van der Waals surface area contributed by atoms with Gasteiger partial charge in [-0.3, -0.25) is 0 Å². The molecule has 2 N–H and O–H groups in total. The lowest BCUT2D eigenvalue weighted by Crippen LogP contribution is -2.39. The van der Waals surface area contributed by atoms with Gasteiger partial charge in [0.15, 0.2) is 0 Å². The van der Waals surface area contributed by atoms with E-state index in [1.165, 1.54) is 37.7 Å². The van der Waals surface area contributed by atoms with Gasteiger partial charge in [0.2, 0.25) is 0 Å². The summed E-state index contributed by atoms with van der Waals surface area (Å²) in [5.41, 5.74) is 11.3. The molecule has 1 saturated carbocycles. The van der Waals surface area contributed by atoms with Crippen LogP contribution in [-0.4, -0.2) is 0 Å². The average molecular weight is 341 g/mol. The second-order valence-corrected chi connectivity index (χ2v) is 7.50. The topological polar surface area (TPSA) is 26.0 Å². The number of nitrogens with two attached hydrogens (primary N) is 1. The number of rotatable bonds is 4. The highest BCUT2D eigenvalue weighted by Crippen LogP contribution is 2.37. The molecule has 3 aromatic rings. The van der Waals surface area contributed by atoms with Crippen LogP contribution in [0.5, 0.6) is 0 Å². The van der Waals surface area contributed by atoms with Crippen LogP contribution in [0, 0.1) is 0 Å². The van der Waals surface area contributed by atoms with E-state index in [1.807, 2.05) is 12.1 Å². The molecule has 0 amide bonds. The molecule has 3 aromatic carbocycles. The summed E-state index contributed by atoms with van der Waals surface area (Å²) in [4.78, 5) is 0. The molecule has 1 nitrogen and oxygen atoms in total. The van der Waals surface area contributed by atoms with Gasteiger partial charge < -0.3 is 5.73 Å². The Labute approximate surface area is 156 Å². The van der Waals surface area contributed by atoms with Gasteiger partial charge in [-0.1, -0.05) is 104 Å². The minimum atomic E-state index is -0.631. The van der Waals surface area contributed by atoms with Gasteiger partial charge in [-0.2, -0.15) is 0 Å². The van der Waals surface area contributed by atoms with Crippen molar-refractivity contribution in [3.63, 3.8) is 0 Å². The monoisotopic (exact) mass is 341 g/mol. The Bertz CT molecular complexity index is 776. The van der Waals surface area contributed by atoms with Gasteiger partial charge in [-0.25, -0.2) is 0 Å². The van der Waals surface area contributed by atoms with Crippen molar-refractivity contribution in [2.75, 3.05) is 0 Å². The number of hydrogen-bond donors (Lipinski definition) is 1. The molecule has 26 heavy (non-hydrogen) atoms. The molecule has 1 heteroatoms. The molecule has 1 aliphatic carbocycles. The van der Waals surface area contributed by atoms with E-state index >= 15 is 0 Å². The van der Waals surface area contributed by atoms with Crippen LogP contribution in [0.3, 0.4) is 0 Å². The van der Waals surface area contributed by atoms with Crippen LogP contribution in [0.2, 0.25) is 0 Å². The minimum Gasteiger partial charge on any atom is -0.314 e. The van der Waals surface area contributed by atoms with Gasteiger partial charge in [0.1, 0.15) is 0 Å². The molecule has 0 atom stereocenters. The molecule has 1 fully saturated rings. The lowest BCUT2D eigenvalue weighted by Gasteiger charge is -2.32. The Morgan fingerprint density at radius 3 is 1.54 bits per heavy atom. The van der Waals surface area contributed by atoms with Crippen molar-refractivity contribution in [2.24, 2.45) is 5.73 Å². The first-order chi connectivity index (χ1) is 12.8. The molecule has 0 radical (unpaired) electrons. The maximum Gasteiger partial charge on any atom is 0.0922 e. The Kier molecular flexibility index (Phi) is 4.90. The van der Waals surface area contributed by atoms with Crippen molar-refractivity contribution in [3.8, 4) is 0 Å². The van der Waals surface area contributed by atoms with Crippen LogP contribution in [0.15, 0.2) is 84.9 Å². The zero-order valence-electron chi connectivity index (χ0n) is 15.3. The molecule has 4 rings (SSSR count). The summed E-state index contributed by atoms with van der Waals surface area (Å²) in [7, 11) is 0. The summed E-state index contributed by atoms with van der Waals surface area (Å²) in [6, 6.07) is 29.9. The Morgan fingerprint density at radius 2 is 1.04 bits per heavy atom. The lowest BCUT2D eigenvalue weighted by molar-refractivity contribution is 0.443. The fraction of sp³-hybridized carbons (Fsp3) is 0.280. The molecular formula is C25H27N. The van der Waals surface area contributed by atoms with Gasteiger partial charge >= 0.3 is 0 Å². The van der Waals surface area contributed by atoms with Crippen LogP contribution in [-0.2, 0) is 5.54 Å². The summed E-state index contributed by atoms with van der Waals surface area (Å²) in [5.74, 6) is 0.721. The first-order valence-electron chi connectivity index (χ1n) is 9.79. The van der Waals surface area contributed by atoms with E-state index in [1.54, 1.807) is 0 Å². The largest absolute Gasteiger partial charge is 0.314 e. The molecule has 0 saturated heterocycles. The molecule has 1 aliphatic rings. The SMILES string of the molecule is NC(c1ccccc1)(c1ccccc1)c1ccc(C2CCCCC2)cc1. The van der Waals surface area contributed by atoms with E-state index in [4.69, 9.17) is 5.73 Å². The Hall–Kier alpha value is -2.38. The Morgan fingerprint density at radius 1 is 0.577 bits per heavy atom. The summed E-state index contributed by atoms with van der Waals surface area (Å²) in [6.45, 7) is 0. The van der Waals surface area contributed by atoms with Gasteiger partial charge in [0.05, 0.1) is 5.54 Å². The van der Waals surface area contributed by atoms with E-state index in [0.29, 0.717) is 0 Å². The van der Waals surface area contributed by atoms with E-state index in [0.717, 1.165) is 22.6 Å². The molecule has 0 bridgehead atoms. The third-order valence-corrected chi connectivity index (χ3v) is 5.90. The summed E-state index contributed by atoms with van der Waals surface area (Å²) in [5, 5.41) is 0. The second-order valence-electron chi connectivity index (χ2n) is 7.50. The highest BCUT2D eigenvalue weighted by Gasteiger charge is 2.31. The normalized spacial score (nSPS) is 15.7. The van der Waals surface area contributed by atoms with Gasteiger partial charge in [-0.05, 0) is 41.0 Å². The van der Waals surface area contributed by atoms with Crippen LogP contribution in [0.25, 0.3) is 0 Å². The fourth-order valence-corrected chi connectivity index (χ4v) is 4.36. The quantitative estimate of drug-likeness (QED) is 0.580. The van der Waals surface area contributed by atoms with Crippen molar-refractivity contribution < 1.29 is 0 Å². The molecular weight excluding hydrogens is 314 g/mol. The molecule has 0 spiro atoms. The highest BCUT2D eigenvalue weighted by molar-refractivity contribution is 5.49. The predicted octanol–water partition coefficient (Wildman–Crippen LogP) is 5.98. The molecule has 132 valence electrons. The first kappa shape index (κ1) is 17.1. The van der Waals surface area contributed by atoms with Crippen LogP contribution in [0.4, 0.5) is 0 Å². The predicted molar refractivity (Wildman–Crippen MR) is 109 cm³/mol. The van der Waals surface area contributed by atoms with E-state index in [2.05, 4.69) is 72.8 Å². The van der Waals surface area contributed by atoms with Crippen LogP contribution < -0.4 is 5.73 Å². The van der Waals surface area contributed by atoms with E-state index in [9.17, 15) is 0 Å². The van der Waals surface area contributed by atoms with Crippen molar-refractivity contribution in [1.82, 2.24) is 0 Å². The second kappa shape index (κ2) is 7.47. The maximum atomic E-state index is 7.09. The first-order valence-corrected chi connectivity index (χ1v) is 9.79. The summed E-state index contributed by atoms with van der Waals surface area (Å²) < 4.78 is 0. The van der Waals surface area contributed by atoms with E-state index in [-0.39, 0.29) is 0 Å². The molecule has 0 aromatic heterocycles. The molecule has 0 aliphatic heterocycles. The standard InChI is InChI=1S/C25H27N/c26-25(22-12-6-2-7-13-22,23-14-8-3-9-15-23)24-18-16-21(17-19-24)20-10-4-1-5-11-20/h2-3,6-9,12-20H,1,4-5,10-11,26H2. The zero-order chi connectivity index (χ0) is 17.8. The van der Waals surface area contributed by atoms with Gasteiger partial charge in [0, 0.05) is 0 Å². The smallest absolute Gasteiger partial charge is 0.0922 e. The summed E-state index contributed by atoms with van der Waals surface area (Å²) in [6.07, 6.45) is 6.76. The van der Waals surface area contributed by atoms with Gasteiger partial charge in [0.25, 0.3) is 0 Å². The van der Waals surface area contributed by atoms with E-state index < -0.39 is 5.54 Å². The molecule has 0 heterocycles. The third kappa shape index (κ3) is 3.20. The van der Waals surface area contributed by atoms with Crippen molar-refractivity contribution >= 4 is 0 Å². The summed E-state index contributed by atoms with van der Waals surface area (Å²) >= 11 is 0. The third-order valence-electron chi connectivity index (χ3n) is 5.90. The fourth-order valence-electron chi connectivity index (χ4n) is 4.36. The lowest BCUT2D eigenvalue weighted by atomic mass is 9.77. The van der Waals surface area contributed by atoms with Crippen molar-refractivity contribution in [2.45, 2.75) is 43.6 Å². The maximum absolute atomic E-state index is 7.09. The zero-order valence-corrected chi connectivity index (χ0v) is 15.3. The minimum absolute atomic E-state index is 0.631. The number of hydrogen-bond acceptors (Lipinski definition) is 1. The average Bonchev–Trinajstić information content (AvgIpc) is 2.75. The highest BCUT2D eigenvalue weighted by atomic mass is 14.7. The van der Waals surface area contributed by atoms with Crippen LogP contribution in [0.1, 0.15) is 60.3 Å². The van der Waals surface area contributed by atoms with Crippen molar-refractivity contribution in [3.05, 3.63) is 107 Å². The van der Waals surface area contributed by atoms with Crippen LogP contribution >= 0.6 is 0 Å². The number of benzene rings is 3. The Balaban J connectivity index is 1.75.